The van der Waals surface area contributed by atoms with Gasteiger partial charge in [-0.3, -0.25) is 4.79 Å². The van der Waals surface area contributed by atoms with Gasteiger partial charge in [-0.25, -0.2) is 0 Å². The highest BCUT2D eigenvalue weighted by atomic mass is 16.6. The fourth-order valence-corrected chi connectivity index (χ4v) is 2.24. The molecular weight excluding hydrogens is 220 g/mol. The first-order valence-corrected chi connectivity index (χ1v) is 6.38. The van der Waals surface area contributed by atoms with Crippen LogP contribution in [0.25, 0.3) is 0 Å². The molecule has 98 valence electrons. The SMILES string of the molecule is CC(C)(C)CCC(=O)O[C@@H]1CO[C@@H]2CCOC21. The molecule has 1 unspecified atom stereocenters. The Bertz CT molecular complexity index is 282. The molecule has 0 aromatic heterocycles. The Morgan fingerprint density at radius 2 is 2.12 bits per heavy atom. The maximum atomic E-state index is 11.7. The van der Waals surface area contributed by atoms with Gasteiger partial charge in [0, 0.05) is 13.0 Å². The Labute approximate surface area is 103 Å². The number of fused-ring (bicyclic) bond motifs is 1. The van der Waals surface area contributed by atoms with Crippen LogP contribution in [0.1, 0.15) is 40.0 Å². The highest BCUT2D eigenvalue weighted by molar-refractivity contribution is 5.69. The normalized spacial score (nSPS) is 32.5. The standard InChI is InChI=1S/C13H22O4/c1-13(2,3)6-4-11(14)17-10-8-16-9-5-7-15-12(9)10/h9-10,12H,4-8H2,1-3H3/t9-,10-,12?/m1/s1. The third-order valence-corrected chi connectivity index (χ3v) is 3.28. The summed E-state index contributed by atoms with van der Waals surface area (Å²) in [7, 11) is 0. The number of carbonyl (C=O) groups is 1. The predicted octanol–water partition coefficient (Wildman–Crippen LogP) is 1.91. The van der Waals surface area contributed by atoms with E-state index in [1.54, 1.807) is 0 Å². The largest absolute Gasteiger partial charge is 0.457 e. The first-order valence-electron chi connectivity index (χ1n) is 6.38. The fraction of sp³-hybridized carbons (Fsp3) is 0.923. The average Bonchev–Trinajstić information content (AvgIpc) is 2.79. The van der Waals surface area contributed by atoms with Gasteiger partial charge in [0.25, 0.3) is 0 Å². The first kappa shape index (κ1) is 12.8. The number of hydrogen-bond donors (Lipinski definition) is 0. The van der Waals surface area contributed by atoms with Crippen LogP contribution in [0.2, 0.25) is 0 Å². The zero-order valence-corrected chi connectivity index (χ0v) is 10.9. The number of esters is 1. The van der Waals surface area contributed by atoms with Crippen molar-refractivity contribution in [3.63, 3.8) is 0 Å². The van der Waals surface area contributed by atoms with Crippen LogP contribution in [0.5, 0.6) is 0 Å². The van der Waals surface area contributed by atoms with Gasteiger partial charge in [0.05, 0.1) is 12.7 Å². The van der Waals surface area contributed by atoms with Gasteiger partial charge in [0.15, 0.2) is 6.10 Å². The molecule has 2 rings (SSSR count). The highest BCUT2D eigenvalue weighted by Crippen LogP contribution is 2.29. The molecular formula is C13H22O4. The number of hydrogen-bond acceptors (Lipinski definition) is 4. The number of carbonyl (C=O) groups excluding carboxylic acids is 1. The Hall–Kier alpha value is -0.610. The predicted molar refractivity (Wildman–Crippen MR) is 62.7 cm³/mol. The fourth-order valence-electron chi connectivity index (χ4n) is 2.24. The maximum absolute atomic E-state index is 11.7. The van der Waals surface area contributed by atoms with Crippen LogP contribution in [0.3, 0.4) is 0 Å². The van der Waals surface area contributed by atoms with Crippen molar-refractivity contribution in [2.45, 2.75) is 58.3 Å². The number of rotatable bonds is 3. The summed E-state index contributed by atoms with van der Waals surface area (Å²) in [6, 6.07) is 0. The summed E-state index contributed by atoms with van der Waals surface area (Å²) in [6.45, 7) is 7.56. The van der Waals surface area contributed by atoms with Gasteiger partial charge in [-0.1, -0.05) is 20.8 Å². The van der Waals surface area contributed by atoms with Gasteiger partial charge in [-0.15, -0.1) is 0 Å². The molecule has 0 radical (unpaired) electrons. The second-order valence-electron chi connectivity index (χ2n) is 6.08. The summed E-state index contributed by atoms with van der Waals surface area (Å²) < 4.78 is 16.5. The van der Waals surface area contributed by atoms with Crippen LogP contribution in [0, 0.1) is 5.41 Å². The molecule has 0 bridgehead atoms. The maximum Gasteiger partial charge on any atom is 0.306 e. The van der Waals surface area contributed by atoms with E-state index in [2.05, 4.69) is 20.8 Å². The van der Waals surface area contributed by atoms with Crippen molar-refractivity contribution in [1.29, 1.82) is 0 Å². The van der Waals surface area contributed by atoms with Crippen molar-refractivity contribution < 1.29 is 19.0 Å². The third kappa shape index (κ3) is 3.42. The zero-order valence-electron chi connectivity index (χ0n) is 10.9. The Morgan fingerprint density at radius 3 is 2.82 bits per heavy atom. The van der Waals surface area contributed by atoms with Crippen molar-refractivity contribution in [2.75, 3.05) is 13.2 Å². The minimum Gasteiger partial charge on any atom is -0.457 e. The summed E-state index contributed by atoms with van der Waals surface area (Å²) in [5.41, 5.74) is 0.164. The van der Waals surface area contributed by atoms with Crippen molar-refractivity contribution in [3.05, 3.63) is 0 Å². The molecule has 3 atom stereocenters. The molecule has 2 aliphatic heterocycles. The lowest BCUT2D eigenvalue weighted by molar-refractivity contribution is -0.154. The van der Waals surface area contributed by atoms with Crippen LogP contribution >= 0.6 is 0 Å². The summed E-state index contributed by atoms with van der Waals surface area (Å²) in [4.78, 5) is 11.7. The van der Waals surface area contributed by atoms with E-state index in [4.69, 9.17) is 14.2 Å². The minimum absolute atomic E-state index is 0.0337. The highest BCUT2D eigenvalue weighted by Gasteiger charge is 2.43. The smallest absolute Gasteiger partial charge is 0.306 e. The Kier molecular flexibility index (Phi) is 3.73. The van der Waals surface area contributed by atoms with E-state index in [1.165, 1.54) is 0 Å². The molecule has 4 heteroatoms. The van der Waals surface area contributed by atoms with E-state index in [1.807, 2.05) is 0 Å². The van der Waals surface area contributed by atoms with Gasteiger partial charge in [0.1, 0.15) is 6.10 Å². The molecule has 0 amide bonds. The van der Waals surface area contributed by atoms with Crippen LogP contribution in [-0.4, -0.2) is 37.5 Å². The average molecular weight is 242 g/mol. The van der Waals surface area contributed by atoms with E-state index in [0.717, 1.165) is 12.8 Å². The molecule has 0 spiro atoms. The molecule has 0 N–H and O–H groups in total. The van der Waals surface area contributed by atoms with Gasteiger partial charge in [0.2, 0.25) is 0 Å². The van der Waals surface area contributed by atoms with Crippen LogP contribution in [-0.2, 0) is 19.0 Å². The van der Waals surface area contributed by atoms with Crippen molar-refractivity contribution >= 4 is 5.97 Å². The Morgan fingerprint density at radius 1 is 1.35 bits per heavy atom. The molecule has 4 nitrogen and oxygen atoms in total. The molecule has 2 fully saturated rings. The summed E-state index contributed by atoms with van der Waals surface area (Å²) in [5, 5.41) is 0. The van der Waals surface area contributed by atoms with E-state index in [9.17, 15) is 4.79 Å². The topological polar surface area (TPSA) is 44.8 Å². The zero-order chi connectivity index (χ0) is 12.5. The number of ether oxygens (including phenoxy) is 3. The third-order valence-electron chi connectivity index (χ3n) is 3.28. The lowest BCUT2D eigenvalue weighted by atomic mass is 9.91. The van der Waals surface area contributed by atoms with E-state index < -0.39 is 0 Å². The molecule has 17 heavy (non-hydrogen) atoms. The van der Waals surface area contributed by atoms with Gasteiger partial charge in [-0.05, 0) is 18.3 Å². The molecule has 0 saturated carbocycles. The minimum atomic E-state index is -0.199. The molecule has 2 saturated heterocycles. The second kappa shape index (κ2) is 4.94. The first-order chi connectivity index (χ1) is 7.96. The monoisotopic (exact) mass is 242 g/mol. The Balaban J connectivity index is 1.75. The van der Waals surface area contributed by atoms with E-state index in [-0.39, 0.29) is 29.7 Å². The second-order valence-corrected chi connectivity index (χ2v) is 6.08. The van der Waals surface area contributed by atoms with Crippen LogP contribution in [0.15, 0.2) is 0 Å². The molecule has 0 aliphatic carbocycles. The van der Waals surface area contributed by atoms with Crippen LogP contribution < -0.4 is 0 Å². The molecule has 2 aliphatic rings. The van der Waals surface area contributed by atoms with Crippen molar-refractivity contribution in [3.8, 4) is 0 Å². The summed E-state index contributed by atoms with van der Waals surface area (Å²) in [5.74, 6) is -0.135. The summed E-state index contributed by atoms with van der Waals surface area (Å²) >= 11 is 0. The van der Waals surface area contributed by atoms with Crippen molar-refractivity contribution in [2.24, 2.45) is 5.41 Å². The van der Waals surface area contributed by atoms with E-state index >= 15 is 0 Å². The van der Waals surface area contributed by atoms with Crippen molar-refractivity contribution in [1.82, 2.24) is 0 Å². The lowest BCUT2D eigenvalue weighted by Gasteiger charge is -2.20. The molecule has 2 heterocycles. The molecule has 0 aromatic rings. The van der Waals surface area contributed by atoms with E-state index in [0.29, 0.717) is 19.6 Å². The van der Waals surface area contributed by atoms with Gasteiger partial charge < -0.3 is 14.2 Å². The quantitative estimate of drug-likeness (QED) is 0.709. The molecule has 0 aromatic carbocycles. The van der Waals surface area contributed by atoms with Gasteiger partial charge in [-0.2, -0.15) is 0 Å². The summed E-state index contributed by atoms with van der Waals surface area (Å²) in [6.07, 6.45) is 2.13. The lowest BCUT2D eigenvalue weighted by Crippen LogP contribution is -2.32. The van der Waals surface area contributed by atoms with Crippen LogP contribution in [0.4, 0.5) is 0 Å². The van der Waals surface area contributed by atoms with Gasteiger partial charge >= 0.3 is 5.97 Å².